The number of hydrogen-bond acceptors (Lipinski definition) is 3. The molecule has 0 aliphatic rings. The molecule has 0 spiro atoms. The van der Waals surface area contributed by atoms with Gasteiger partial charge in [0.2, 0.25) is 0 Å². The van der Waals surface area contributed by atoms with Gasteiger partial charge in [-0.15, -0.1) is 0 Å². The number of rotatable bonds is 4. The molecule has 1 amide bonds. The number of hydrogen-bond donors (Lipinski definition) is 2. The zero-order valence-electron chi connectivity index (χ0n) is 10.3. The fraction of sp³-hybridized carbons (Fsp3) is 0.0714. The fourth-order valence-electron chi connectivity index (χ4n) is 1.50. The Balaban J connectivity index is 1.96. The van der Waals surface area contributed by atoms with Crippen molar-refractivity contribution in [1.29, 1.82) is 0 Å². The fourth-order valence-corrected chi connectivity index (χ4v) is 1.86. The van der Waals surface area contributed by atoms with E-state index >= 15 is 0 Å². The van der Waals surface area contributed by atoms with Crippen molar-refractivity contribution in [1.82, 2.24) is 0 Å². The molecule has 2 rings (SSSR count). The number of amides is 1. The molecule has 0 bridgehead atoms. The van der Waals surface area contributed by atoms with E-state index in [-0.39, 0.29) is 18.0 Å². The maximum atomic E-state index is 11.7. The average molecular weight is 312 g/mol. The molecule has 0 aliphatic heterocycles. The second kappa shape index (κ2) is 6.50. The Morgan fingerprint density at radius 2 is 1.95 bits per heavy atom. The van der Waals surface area contributed by atoms with Gasteiger partial charge in [-0.1, -0.05) is 35.3 Å². The highest BCUT2D eigenvalue weighted by Crippen LogP contribution is 2.27. The molecule has 6 heteroatoms. The van der Waals surface area contributed by atoms with Crippen LogP contribution in [0, 0.1) is 0 Å². The second-order valence-corrected chi connectivity index (χ2v) is 4.77. The standard InChI is InChI=1S/C14H11Cl2NO3/c15-9-5-6-12(18)11(7-9)17-14(19)8-20-13-4-2-1-3-10(13)16/h1-7,18H,8H2,(H,17,19). The van der Waals surface area contributed by atoms with Crippen LogP contribution >= 0.6 is 23.2 Å². The number of phenolic OH excluding ortho intramolecular Hbond substituents is 1. The highest BCUT2D eigenvalue weighted by Gasteiger charge is 2.09. The minimum absolute atomic E-state index is 0.0690. The van der Waals surface area contributed by atoms with E-state index in [4.69, 9.17) is 27.9 Å². The summed E-state index contributed by atoms with van der Waals surface area (Å²) in [6.07, 6.45) is 0. The minimum Gasteiger partial charge on any atom is -0.506 e. The third kappa shape index (κ3) is 3.79. The van der Waals surface area contributed by atoms with E-state index in [0.29, 0.717) is 15.8 Å². The first-order valence-corrected chi connectivity index (χ1v) is 6.47. The predicted molar refractivity (Wildman–Crippen MR) is 78.7 cm³/mol. The SMILES string of the molecule is O=C(COc1ccccc1Cl)Nc1cc(Cl)ccc1O. The quantitative estimate of drug-likeness (QED) is 0.846. The van der Waals surface area contributed by atoms with Crippen LogP contribution in [0.1, 0.15) is 0 Å². The maximum Gasteiger partial charge on any atom is 0.262 e. The first-order chi connectivity index (χ1) is 9.56. The van der Waals surface area contributed by atoms with Gasteiger partial charge in [0.1, 0.15) is 11.5 Å². The van der Waals surface area contributed by atoms with E-state index in [0.717, 1.165) is 0 Å². The molecule has 20 heavy (non-hydrogen) atoms. The molecule has 0 aliphatic carbocycles. The van der Waals surface area contributed by atoms with Crippen LogP contribution in [0.15, 0.2) is 42.5 Å². The van der Waals surface area contributed by atoms with E-state index in [1.54, 1.807) is 24.3 Å². The Hall–Kier alpha value is -1.91. The van der Waals surface area contributed by atoms with E-state index in [1.807, 2.05) is 0 Å². The highest BCUT2D eigenvalue weighted by atomic mass is 35.5. The van der Waals surface area contributed by atoms with E-state index in [2.05, 4.69) is 5.32 Å². The number of para-hydroxylation sites is 1. The zero-order chi connectivity index (χ0) is 14.5. The number of anilines is 1. The van der Waals surface area contributed by atoms with Gasteiger partial charge in [-0.3, -0.25) is 4.79 Å². The van der Waals surface area contributed by atoms with E-state index < -0.39 is 5.91 Å². The Morgan fingerprint density at radius 3 is 2.70 bits per heavy atom. The Bertz CT molecular complexity index is 632. The predicted octanol–water partition coefficient (Wildman–Crippen LogP) is 3.72. The number of aromatic hydroxyl groups is 1. The van der Waals surface area contributed by atoms with Gasteiger partial charge in [0, 0.05) is 5.02 Å². The van der Waals surface area contributed by atoms with Crippen molar-refractivity contribution < 1.29 is 14.6 Å². The summed E-state index contributed by atoms with van der Waals surface area (Å²) in [5, 5.41) is 12.9. The van der Waals surface area contributed by atoms with Crippen LogP contribution < -0.4 is 10.1 Å². The van der Waals surface area contributed by atoms with Crippen molar-refractivity contribution in [2.45, 2.75) is 0 Å². The lowest BCUT2D eigenvalue weighted by atomic mass is 10.3. The number of halogens is 2. The Labute approximate surface area is 125 Å². The molecule has 0 saturated carbocycles. The van der Waals surface area contributed by atoms with Crippen LogP contribution in [0.25, 0.3) is 0 Å². The first kappa shape index (κ1) is 14.5. The zero-order valence-corrected chi connectivity index (χ0v) is 11.8. The summed E-state index contributed by atoms with van der Waals surface area (Å²) in [5.74, 6) is -0.0809. The van der Waals surface area contributed by atoms with Gasteiger partial charge in [0.25, 0.3) is 5.91 Å². The van der Waals surface area contributed by atoms with Crippen molar-refractivity contribution in [3.05, 3.63) is 52.5 Å². The van der Waals surface area contributed by atoms with E-state index in [9.17, 15) is 9.90 Å². The Morgan fingerprint density at radius 1 is 1.20 bits per heavy atom. The minimum atomic E-state index is -0.428. The van der Waals surface area contributed by atoms with Crippen LogP contribution in [0.4, 0.5) is 5.69 Å². The normalized spacial score (nSPS) is 10.1. The molecule has 2 N–H and O–H groups in total. The molecule has 0 aromatic heterocycles. The molecule has 104 valence electrons. The molecule has 0 atom stereocenters. The molecular formula is C14H11Cl2NO3. The summed E-state index contributed by atoms with van der Waals surface area (Å²) < 4.78 is 5.28. The van der Waals surface area contributed by atoms with Gasteiger partial charge < -0.3 is 15.2 Å². The topological polar surface area (TPSA) is 58.6 Å². The molecule has 0 heterocycles. The van der Waals surface area contributed by atoms with Crippen LogP contribution in [0.2, 0.25) is 10.0 Å². The number of ether oxygens (including phenoxy) is 1. The van der Waals surface area contributed by atoms with Crippen LogP contribution in [-0.4, -0.2) is 17.6 Å². The maximum absolute atomic E-state index is 11.7. The Kier molecular flexibility index (Phi) is 4.71. The summed E-state index contributed by atoms with van der Waals surface area (Å²) in [5.41, 5.74) is 0.227. The third-order valence-electron chi connectivity index (χ3n) is 2.43. The lowest BCUT2D eigenvalue weighted by molar-refractivity contribution is -0.118. The highest BCUT2D eigenvalue weighted by molar-refractivity contribution is 6.32. The molecule has 0 fully saturated rings. The first-order valence-electron chi connectivity index (χ1n) is 5.72. The number of nitrogens with one attached hydrogen (secondary N) is 1. The van der Waals surface area contributed by atoms with Gasteiger partial charge in [-0.05, 0) is 30.3 Å². The molecule has 0 unspecified atom stereocenters. The number of carbonyl (C=O) groups is 1. The van der Waals surface area contributed by atoms with Gasteiger partial charge in [0.15, 0.2) is 6.61 Å². The van der Waals surface area contributed by atoms with Crippen LogP contribution in [-0.2, 0) is 4.79 Å². The van der Waals surface area contributed by atoms with Crippen LogP contribution in [0.5, 0.6) is 11.5 Å². The van der Waals surface area contributed by atoms with Crippen LogP contribution in [0.3, 0.4) is 0 Å². The van der Waals surface area contributed by atoms with Crippen molar-refractivity contribution in [2.24, 2.45) is 0 Å². The average Bonchev–Trinajstić information content (AvgIpc) is 2.42. The number of phenols is 1. The lowest BCUT2D eigenvalue weighted by Crippen LogP contribution is -2.20. The van der Waals surface area contributed by atoms with E-state index in [1.165, 1.54) is 18.2 Å². The summed E-state index contributed by atoms with van der Waals surface area (Å²) in [6, 6.07) is 11.2. The largest absolute Gasteiger partial charge is 0.506 e. The summed E-state index contributed by atoms with van der Waals surface area (Å²) in [4.78, 5) is 11.7. The van der Waals surface area contributed by atoms with Crippen molar-refractivity contribution >= 4 is 34.8 Å². The van der Waals surface area contributed by atoms with Crippen molar-refractivity contribution in [2.75, 3.05) is 11.9 Å². The molecular weight excluding hydrogens is 301 g/mol. The second-order valence-electron chi connectivity index (χ2n) is 3.93. The number of benzene rings is 2. The molecule has 2 aromatic rings. The smallest absolute Gasteiger partial charge is 0.262 e. The molecule has 0 saturated heterocycles. The monoisotopic (exact) mass is 311 g/mol. The lowest BCUT2D eigenvalue weighted by Gasteiger charge is -2.09. The molecule has 0 radical (unpaired) electrons. The van der Waals surface area contributed by atoms with Gasteiger partial charge in [-0.25, -0.2) is 0 Å². The number of carbonyl (C=O) groups excluding carboxylic acids is 1. The molecule has 4 nitrogen and oxygen atoms in total. The van der Waals surface area contributed by atoms with Gasteiger partial charge >= 0.3 is 0 Å². The summed E-state index contributed by atoms with van der Waals surface area (Å²) in [7, 11) is 0. The summed E-state index contributed by atoms with van der Waals surface area (Å²) >= 11 is 11.7. The van der Waals surface area contributed by atoms with Crippen molar-refractivity contribution in [3.63, 3.8) is 0 Å². The van der Waals surface area contributed by atoms with Gasteiger partial charge in [-0.2, -0.15) is 0 Å². The third-order valence-corrected chi connectivity index (χ3v) is 2.98. The van der Waals surface area contributed by atoms with Crippen molar-refractivity contribution in [3.8, 4) is 11.5 Å². The molecule has 2 aromatic carbocycles. The van der Waals surface area contributed by atoms with Gasteiger partial charge in [0.05, 0.1) is 10.7 Å². The summed E-state index contributed by atoms with van der Waals surface area (Å²) in [6.45, 7) is -0.227.